The van der Waals surface area contributed by atoms with Crippen molar-refractivity contribution in [2.45, 2.75) is 51.5 Å². The summed E-state index contributed by atoms with van der Waals surface area (Å²) in [7, 11) is 0. The van der Waals surface area contributed by atoms with E-state index in [4.69, 9.17) is 12.2 Å². The summed E-state index contributed by atoms with van der Waals surface area (Å²) in [5, 5.41) is 4.34. The quantitative estimate of drug-likeness (QED) is 0.712. The van der Waals surface area contributed by atoms with E-state index >= 15 is 0 Å². The standard InChI is InChI=1S/C12H23N3S/c1-2-8-14-10-15(9-13-12(14)16)11-6-4-3-5-7-11/h11H,2-10H2,1H3,(H,13,16)/p+1. The summed E-state index contributed by atoms with van der Waals surface area (Å²) < 4.78 is 0. The smallest absolute Gasteiger partial charge is 0.177 e. The van der Waals surface area contributed by atoms with E-state index in [1.54, 1.807) is 4.90 Å². The van der Waals surface area contributed by atoms with Crippen molar-refractivity contribution >= 4 is 17.3 Å². The second-order valence-electron chi connectivity index (χ2n) is 5.07. The van der Waals surface area contributed by atoms with Gasteiger partial charge >= 0.3 is 0 Å². The van der Waals surface area contributed by atoms with Crippen molar-refractivity contribution in [3.8, 4) is 0 Å². The highest BCUT2D eigenvalue weighted by atomic mass is 32.1. The van der Waals surface area contributed by atoms with Crippen molar-refractivity contribution in [3.63, 3.8) is 0 Å². The summed E-state index contributed by atoms with van der Waals surface area (Å²) in [5.41, 5.74) is 0. The van der Waals surface area contributed by atoms with Crippen LogP contribution in [0.5, 0.6) is 0 Å². The molecule has 2 N–H and O–H groups in total. The van der Waals surface area contributed by atoms with Gasteiger partial charge in [0.05, 0.1) is 6.04 Å². The summed E-state index contributed by atoms with van der Waals surface area (Å²) in [5.74, 6) is 0. The minimum Gasteiger partial charge on any atom is -0.316 e. The highest BCUT2D eigenvalue weighted by molar-refractivity contribution is 7.80. The lowest BCUT2D eigenvalue weighted by Crippen LogP contribution is -3.20. The first kappa shape index (κ1) is 12.1. The van der Waals surface area contributed by atoms with E-state index < -0.39 is 0 Å². The predicted octanol–water partition coefficient (Wildman–Crippen LogP) is 0.719. The molecule has 1 atom stereocenters. The zero-order valence-electron chi connectivity index (χ0n) is 10.3. The largest absolute Gasteiger partial charge is 0.316 e. The highest BCUT2D eigenvalue weighted by Gasteiger charge is 2.30. The van der Waals surface area contributed by atoms with Crippen LogP contribution in [0, 0.1) is 0 Å². The number of thiocarbonyl (C=S) groups is 1. The summed E-state index contributed by atoms with van der Waals surface area (Å²) >= 11 is 5.35. The van der Waals surface area contributed by atoms with Gasteiger partial charge in [-0.1, -0.05) is 13.3 Å². The summed E-state index contributed by atoms with van der Waals surface area (Å²) in [6, 6.07) is 0.865. The van der Waals surface area contributed by atoms with E-state index in [1.165, 1.54) is 38.5 Å². The Kier molecular flexibility index (Phi) is 4.41. The minimum atomic E-state index is 0.865. The lowest BCUT2D eigenvalue weighted by Gasteiger charge is -2.40. The molecule has 0 amide bonds. The molecule has 1 saturated carbocycles. The Morgan fingerprint density at radius 1 is 1.38 bits per heavy atom. The zero-order valence-corrected chi connectivity index (χ0v) is 11.1. The van der Waals surface area contributed by atoms with Gasteiger partial charge in [0.25, 0.3) is 0 Å². The lowest BCUT2D eigenvalue weighted by molar-refractivity contribution is -0.940. The van der Waals surface area contributed by atoms with E-state index in [0.29, 0.717) is 0 Å². The molecular weight excluding hydrogens is 218 g/mol. The number of quaternary nitrogens is 1. The van der Waals surface area contributed by atoms with Crippen LogP contribution in [0.1, 0.15) is 45.4 Å². The predicted molar refractivity (Wildman–Crippen MR) is 70.3 cm³/mol. The normalized spacial score (nSPS) is 27.9. The van der Waals surface area contributed by atoms with Crippen LogP contribution in [-0.4, -0.2) is 35.9 Å². The zero-order chi connectivity index (χ0) is 11.4. The number of hydrogen-bond donors (Lipinski definition) is 2. The van der Waals surface area contributed by atoms with Gasteiger partial charge in [-0.2, -0.15) is 0 Å². The van der Waals surface area contributed by atoms with Gasteiger partial charge in [0.15, 0.2) is 18.4 Å². The molecule has 2 aliphatic rings. The maximum absolute atomic E-state index is 5.35. The molecule has 1 saturated heterocycles. The topological polar surface area (TPSA) is 19.7 Å². The molecule has 0 aromatic rings. The Bertz CT molecular complexity index is 238. The summed E-state index contributed by atoms with van der Waals surface area (Å²) in [6.45, 7) is 5.47. The summed E-state index contributed by atoms with van der Waals surface area (Å²) in [4.78, 5) is 4.03. The Morgan fingerprint density at radius 3 is 2.81 bits per heavy atom. The second kappa shape index (κ2) is 5.82. The number of hydrogen-bond acceptors (Lipinski definition) is 1. The Hall–Kier alpha value is -0.350. The Balaban J connectivity index is 1.88. The molecule has 4 heteroatoms. The average Bonchev–Trinajstić information content (AvgIpc) is 2.33. The van der Waals surface area contributed by atoms with Crippen LogP contribution in [-0.2, 0) is 0 Å². The highest BCUT2D eigenvalue weighted by Crippen LogP contribution is 2.15. The van der Waals surface area contributed by atoms with Crippen LogP contribution in [0.15, 0.2) is 0 Å². The van der Waals surface area contributed by atoms with Crippen molar-refractivity contribution in [2.24, 2.45) is 0 Å². The minimum absolute atomic E-state index is 0.865. The average molecular weight is 242 g/mol. The molecule has 0 aromatic heterocycles. The van der Waals surface area contributed by atoms with E-state index in [1.807, 2.05) is 0 Å². The fourth-order valence-corrected chi connectivity index (χ4v) is 3.14. The number of rotatable bonds is 3. The third-order valence-corrected chi connectivity index (χ3v) is 4.23. The molecule has 1 unspecified atom stereocenters. The van der Waals surface area contributed by atoms with Gasteiger partial charge in [0.2, 0.25) is 0 Å². The van der Waals surface area contributed by atoms with E-state index in [9.17, 15) is 0 Å². The molecule has 2 rings (SSSR count). The van der Waals surface area contributed by atoms with Gasteiger partial charge in [-0.15, -0.1) is 0 Å². The van der Waals surface area contributed by atoms with E-state index in [-0.39, 0.29) is 0 Å². The van der Waals surface area contributed by atoms with Crippen molar-refractivity contribution in [3.05, 3.63) is 0 Å². The SMILES string of the molecule is CCCN1C[NH+](C2CCCCC2)CNC1=S. The van der Waals surface area contributed by atoms with Gasteiger partial charge in [-0.05, 0) is 44.3 Å². The van der Waals surface area contributed by atoms with Crippen LogP contribution in [0.4, 0.5) is 0 Å². The fraction of sp³-hybridized carbons (Fsp3) is 0.917. The van der Waals surface area contributed by atoms with Crippen molar-refractivity contribution in [1.29, 1.82) is 0 Å². The molecule has 2 fully saturated rings. The first-order chi connectivity index (χ1) is 7.81. The van der Waals surface area contributed by atoms with Crippen LogP contribution in [0.25, 0.3) is 0 Å². The molecule has 92 valence electrons. The molecule has 16 heavy (non-hydrogen) atoms. The molecule has 1 aliphatic heterocycles. The van der Waals surface area contributed by atoms with Gasteiger partial charge in [-0.3, -0.25) is 4.90 Å². The maximum Gasteiger partial charge on any atom is 0.177 e. The Labute approximate surface area is 104 Å². The second-order valence-corrected chi connectivity index (χ2v) is 5.46. The maximum atomic E-state index is 5.35. The molecule has 0 bridgehead atoms. The van der Waals surface area contributed by atoms with Crippen molar-refractivity contribution in [2.75, 3.05) is 19.9 Å². The monoisotopic (exact) mass is 242 g/mol. The number of nitrogens with one attached hydrogen (secondary N) is 2. The molecule has 0 radical (unpaired) electrons. The van der Waals surface area contributed by atoms with Crippen LogP contribution in [0.3, 0.4) is 0 Å². The van der Waals surface area contributed by atoms with Gasteiger partial charge in [-0.25, -0.2) is 0 Å². The lowest BCUT2D eigenvalue weighted by atomic mass is 9.94. The molecular formula is C12H24N3S+. The van der Waals surface area contributed by atoms with Crippen LogP contribution in [0.2, 0.25) is 0 Å². The third kappa shape index (κ3) is 2.86. The van der Waals surface area contributed by atoms with Gasteiger partial charge in [0.1, 0.15) is 0 Å². The van der Waals surface area contributed by atoms with Crippen LogP contribution >= 0.6 is 12.2 Å². The van der Waals surface area contributed by atoms with Crippen LogP contribution < -0.4 is 10.2 Å². The molecule has 3 nitrogen and oxygen atoms in total. The van der Waals surface area contributed by atoms with Crippen molar-refractivity contribution < 1.29 is 4.90 Å². The third-order valence-electron chi connectivity index (χ3n) is 3.82. The summed E-state index contributed by atoms with van der Waals surface area (Å²) in [6.07, 6.45) is 8.28. The number of nitrogens with zero attached hydrogens (tertiary/aromatic N) is 1. The Morgan fingerprint density at radius 2 is 2.12 bits per heavy atom. The van der Waals surface area contributed by atoms with Gasteiger partial charge < -0.3 is 10.2 Å². The molecule has 0 spiro atoms. The van der Waals surface area contributed by atoms with E-state index in [2.05, 4.69) is 17.1 Å². The molecule has 1 heterocycles. The van der Waals surface area contributed by atoms with E-state index in [0.717, 1.165) is 31.0 Å². The molecule has 0 aromatic carbocycles. The first-order valence-electron chi connectivity index (χ1n) is 6.68. The first-order valence-corrected chi connectivity index (χ1v) is 7.09. The van der Waals surface area contributed by atoms with Gasteiger partial charge in [0, 0.05) is 6.54 Å². The van der Waals surface area contributed by atoms with Crippen molar-refractivity contribution in [1.82, 2.24) is 10.2 Å². The molecule has 1 aliphatic carbocycles. The fourth-order valence-electron chi connectivity index (χ4n) is 2.91.